The minimum absolute atomic E-state index is 0.494. The molecule has 1 aromatic carbocycles. The Hall–Kier alpha value is -1.77. The molecule has 1 aromatic rings. The predicted octanol–water partition coefficient (Wildman–Crippen LogP) is 2.81. The van der Waals surface area contributed by atoms with Crippen LogP contribution in [0.15, 0.2) is 30.3 Å². The van der Waals surface area contributed by atoms with Crippen LogP contribution in [-0.4, -0.2) is 24.0 Å². The molecule has 1 saturated carbocycles. The van der Waals surface area contributed by atoms with E-state index in [1.165, 1.54) is 25.7 Å². The third-order valence-corrected chi connectivity index (χ3v) is 3.40. The van der Waals surface area contributed by atoms with Gasteiger partial charge in [-0.2, -0.15) is 5.26 Å². The van der Waals surface area contributed by atoms with Crippen molar-refractivity contribution in [2.45, 2.75) is 31.7 Å². The molecule has 0 unspecified atom stereocenters. The zero-order chi connectivity index (χ0) is 12.6. The molecule has 0 atom stereocenters. The molecule has 0 amide bonds. The molecular formula is C16H18N2. The second-order valence-electron chi connectivity index (χ2n) is 4.67. The molecule has 0 aromatic heterocycles. The van der Waals surface area contributed by atoms with Crippen LogP contribution in [0.5, 0.6) is 0 Å². The summed E-state index contributed by atoms with van der Waals surface area (Å²) in [5, 5.41) is 8.87. The Labute approximate surface area is 109 Å². The van der Waals surface area contributed by atoms with Gasteiger partial charge in [0.15, 0.2) is 0 Å². The van der Waals surface area contributed by atoms with E-state index in [0.717, 1.165) is 5.56 Å². The van der Waals surface area contributed by atoms with Gasteiger partial charge in [0.25, 0.3) is 0 Å². The van der Waals surface area contributed by atoms with Crippen molar-refractivity contribution in [1.29, 1.82) is 5.26 Å². The smallest absolute Gasteiger partial charge is 0.0876 e. The van der Waals surface area contributed by atoms with Crippen LogP contribution in [0.2, 0.25) is 0 Å². The van der Waals surface area contributed by atoms with Gasteiger partial charge in [-0.05, 0) is 25.0 Å². The topological polar surface area (TPSA) is 27.0 Å². The van der Waals surface area contributed by atoms with Gasteiger partial charge in [0.1, 0.15) is 0 Å². The zero-order valence-electron chi connectivity index (χ0n) is 10.6. The Morgan fingerprint density at radius 2 is 1.83 bits per heavy atom. The van der Waals surface area contributed by atoms with E-state index in [1.807, 2.05) is 30.3 Å². The fraction of sp³-hybridized carbons (Fsp3) is 0.438. The lowest BCUT2D eigenvalue weighted by Gasteiger charge is -2.23. The Morgan fingerprint density at radius 3 is 2.50 bits per heavy atom. The molecule has 0 N–H and O–H groups in total. The maximum absolute atomic E-state index is 8.87. The van der Waals surface area contributed by atoms with Crippen LogP contribution < -0.4 is 0 Å². The Bertz CT molecular complexity index is 455. The standard InChI is InChI=1S/C16H18N2/c17-12-14-18(16-10-4-5-11-16)13-6-9-15-7-2-1-3-8-15/h1-3,7-8,16H,4-5,10-11,13-14H2. The van der Waals surface area contributed by atoms with E-state index in [1.54, 1.807) is 0 Å². The Kier molecular flexibility index (Phi) is 4.82. The molecule has 0 spiro atoms. The number of nitriles is 1. The molecule has 0 radical (unpaired) electrons. The highest BCUT2D eigenvalue weighted by atomic mass is 15.1. The number of nitrogens with zero attached hydrogens (tertiary/aromatic N) is 2. The van der Waals surface area contributed by atoms with E-state index in [4.69, 9.17) is 5.26 Å². The lowest BCUT2D eigenvalue weighted by atomic mass is 10.2. The van der Waals surface area contributed by atoms with E-state index >= 15 is 0 Å². The highest BCUT2D eigenvalue weighted by Gasteiger charge is 2.21. The van der Waals surface area contributed by atoms with Crippen LogP contribution in [0.4, 0.5) is 0 Å². The summed E-state index contributed by atoms with van der Waals surface area (Å²) in [6.45, 7) is 1.20. The van der Waals surface area contributed by atoms with Crippen LogP contribution in [0.1, 0.15) is 31.2 Å². The maximum atomic E-state index is 8.87. The molecule has 92 valence electrons. The largest absolute Gasteiger partial charge is 0.276 e. The highest BCUT2D eigenvalue weighted by molar-refractivity contribution is 5.33. The van der Waals surface area contributed by atoms with Gasteiger partial charge in [0.2, 0.25) is 0 Å². The maximum Gasteiger partial charge on any atom is 0.0876 e. The van der Waals surface area contributed by atoms with Gasteiger partial charge in [-0.3, -0.25) is 4.90 Å². The molecule has 1 aliphatic rings. The van der Waals surface area contributed by atoms with Crippen molar-refractivity contribution in [3.63, 3.8) is 0 Å². The van der Waals surface area contributed by atoms with Gasteiger partial charge in [-0.25, -0.2) is 0 Å². The third kappa shape index (κ3) is 3.62. The molecule has 0 aliphatic heterocycles. The summed E-state index contributed by atoms with van der Waals surface area (Å²) in [4.78, 5) is 2.21. The number of hydrogen-bond donors (Lipinski definition) is 0. The highest BCUT2D eigenvalue weighted by Crippen LogP contribution is 2.22. The van der Waals surface area contributed by atoms with Crippen LogP contribution in [-0.2, 0) is 0 Å². The van der Waals surface area contributed by atoms with E-state index in [9.17, 15) is 0 Å². The lowest BCUT2D eigenvalue weighted by molar-refractivity contribution is 0.250. The van der Waals surface area contributed by atoms with Gasteiger partial charge in [-0.1, -0.05) is 42.9 Å². The molecule has 1 fully saturated rings. The summed E-state index contributed by atoms with van der Waals surface area (Å²) in [5.74, 6) is 6.34. The summed E-state index contributed by atoms with van der Waals surface area (Å²) >= 11 is 0. The van der Waals surface area contributed by atoms with Crippen molar-refractivity contribution in [2.24, 2.45) is 0 Å². The number of benzene rings is 1. The van der Waals surface area contributed by atoms with E-state index in [2.05, 4.69) is 22.8 Å². The van der Waals surface area contributed by atoms with Gasteiger partial charge < -0.3 is 0 Å². The first-order valence-corrected chi connectivity index (χ1v) is 6.55. The van der Waals surface area contributed by atoms with Gasteiger partial charge >= 0.3 is 0 Å². The summed E-state index contributed by atoms with van der Waals surface area (Å²) in [6.07, 6.45) is 5.01. The molecule has 1 aliphatic carbocycles. The lowest BCUT2D eigenvalue weighted by Crippen LogP contribution is -2.33. The first kappa shape index (κ1) is 12.7. The molecule has 0 saturated heterocycles. The van der Waals surface area contributed by atoms with Crippen molar-refractivity contribution in [3.05, 3.63) is 35.9 Å². The molecule has 0 bridgehead atoms. The van der Waals surface area contributed by atoms with E-state index < -0.39 is 0 Å². The average molecular weight is 238 g/mol. The fourth-order valence-electron chi connectivity index (χ4n) is 2.44. The Balaban J connectivity index is 1.93. The summed E-state index contributed by atoms with van der Waals surface area (Å²) < 4.78 is 0. The van der Waals surface area contributed by atoms with Crippen molar-refractivity contribution < 1.29 is 0 Å². The summed E-state index contributed by atoms with van der Waals surface area (Å²) in [5.41, 5.74) is 1.04. The minimum atomic E-state index is 0.494. The second-order valence-corrected chi connectivity index (χ2v) is 4.67. The molecule has 0 heterocycles. The zero-order valence-corrected chi connectivity index (χ0v) is 10.6. The number of rotatable bonds is 3. The average Bonchev–Trinajstić information content (AvgIpc) is 2.93. The van der Waals surface area contributed by atoms with Crippen LogP contribution in [0, 0.1) is 23.2 Å². The minimum Gasteiger partial charge on any atom is -0.276 e. The third-order valence-electron chi connectivity index (χ3n) is 3.40. The normalized spacial score (nSPS) is 15.1. The molecule has 2 nitrogen and oxygen atoms in total. The first-order chi connectivity index (χ1) is 8.90. The van der Waals surface area contributed by atoms with Crippen molar-refractivity contribution in [2.75, 3.05) is 13.1 Å². The second kappa shape index (κ2) is 6.84. The number of hydrogen-bond acceptors (Lipinski definition) is 2. The van der Waals surface area contributed by atoms with Gasteiger partial charge in [0, 0.05) is 11.6 Å². The van der Waals surface area contributed by atoms with Crippen molar-refractivity contribution in [1.82, 2.24) is 4.90 Å². The summed E-state index contributed by atoms with van der Waals surface area (Å²) in [6, 6.07) is 12.8. The van der Waals surface area contributed by atoms with E-state index in [0.29, 0.717) is 19.1 Å². The van der Waals surface area contributed by atoms with Crippen LogP contribution in [0.3, 0.4) is 0 Å². The first-order valence-electron chi connectivity index (χ1n) is 6.55. The monoisotopic (exact) mass is 238 g/mol. The Morgan fingerprint density at radius 1 is 1.11 bits per heavy atom. The summed E-state index contributed by atoms with van der Waals surface area (Å²) in [7, 11) is 0. The van der Waals surface area contributed by atoms with Crippen LogP contribution >= 0.6 is 0 Å². The fourth-order valence-corrected chi connectivity index (χ4v) is 2.44. The van der Waals surface area contributed by atoms with Gasteiger partial charge in [-0.15, -0.1) is 0 Å². The van der Waals surface area contributed by atoms with Crippen molar-refractivity contribution in [3.8, 4) is 17.9 Å². The molecule has 18 heavy (non-hydrogen) atoms. The molecular weight excluding hydrogens is 220 g/mol. The van der Waals surface area contributed by atoms with E-state index in [-0.39, 0.29) is 0 Å². The predicted molar refractivity (Wildman–Crippen MR) is 72.8 cm³/mol. The quantitative estimate of drug-likeness (QED) is 0.598. The van der Waals surface area contributed by atoms with Crippen molar-refractivity contribution >= 4 is 0 Å². The molecule has 2 rings (SSSR count). The van der Waals surface area contributed by atoms with Gasteiger partial charge in [0.05, 0.1) is 19.2 Å². The SMILES string of the molecule is N#CCN(CC#Cc1ccccc1)C1CCCC1. The van der Waals surface area contributed by atoms with Crippen LogP contribution in [0.25, 0.3) is 0 Å². The molecule has 2 heteroatoms.